The average molecular weight is 497 g/mol. The van der Waals surface area contributed by atoms with Crippen molar-refractivity contribution in [3.8, 4) is 0 Å². The van der Waals surface area contributed by atoms with Crippen LogP contribution in [0.2, 0.25) is 0 Å². The number of imidazole rings is 1. The second-order valence-corrected chi connectivity index (χ2v) is 8.30. The van der Waals surface area contributed by atoms with Crippen LogP contribution in [0.5, 0.6) is 0 Å². The van der Waals surface area contributed by atoms with Crippen molar-refractivity contribution in [3.63, 3.8) is 0 Å². The quantitative estimate of drug-likeness (QED) is 0.190. The molecule has 4 rings (SSSR count). The number of aryl methyl sites for hydroxylation is 2. The molecule has 16 heteroatoms. The number of oxime groups is 1. The first-order valence-electron chi connectivity index (χ1n) is 11.0. The highest BCUT2D eigenvalue weighted by atomic mass is 17.0. The van der Waals surface area contributed by atoms with Crippen molar-refractivity contribution in [2.75, 3.05) is 32.9 Å². The Morgan fingerprint density at radius 2 is 2.17 bits per heavy atom. The van der Waals surface area contributed by atoms with Crippen molar-refractivity contribution in [1.82, 2.24) is 24.0 Å². The van der Waals surface area contributed by atoms with E-state index in [0.717, 1.165) is 4.57 Å². The van der Waals surface area contributed by atoms with Crippen molar-refractivity contribution in [2.24, 2.45) is 19.3 Å². The van der Waals surface area contributed by atoms with Gasteiger partial charge in [-0.1, -0.05) is 5.16 Å². The van der Waals surface area contributed by atoms with Gasteiger partial charge in [0.15, 0.2) is 17.3 Å². The van der Waals surface area contributed by atoms with Crippen LogP contribution in [0.15, 0.2) is 21.1 Å². The van der Waals surface area contributed by atoms with Crippen LogP contribution < -0.4 is 16.6 Å². The minimum Gasteiger partial charge on any atom is -0.393 e. The zero-order valence-electron chi connectivity index (χ0n) is 19.2. The molecule has 0 radical (unpaired) electrons. The number of ether oxygens (including phenoxy) is 2. The number of aliphatic hydroxyl groups excluding tert-OH is 1. The normalized spacial score (nSPS) is 23.6. The van der Waals surface area contributed by atoms with Gasteiger partial charge in [-0.3, -0.25) is 13.9 Å². The molecule has 2 aliphatic rings. The molecule has 2 aromatic heterocycles. The maximum atomic E-state index is 12.4. The first-order valence-corrected chi connectivity index (χ1v) is 11.0. The summed E-state index contributed by atoms with van der Waals surface area (Å²) in [5.41, 5.74) is 0.317. The van der Waals surface area contributed by atoms with E-state index in [1.807, 2.05) is 0 Å². The zero-order chi connectivity index (χ0) is 25.1. The van der Waals surface area contributed by atoms with Crippen LogP contribution in [0.3, 0.4) is 0 Å². The van der Waals surface area contributed by atoms with Crippen LogP contribution in [0.1, 0.15) is 6.42 Å². The minimum atomic E-state index is -0.878. The molecule has 35 heavy (non-hydrogen) atoms. The molecule has 2 N–H and O–H groups in total. The van der Waals surface area contributed by atoms with Crippen LogP contribution in [-0.2, 0) is 39.8 Å². The third kappa shape index (κ3) is 5.19. The number of hydrogen-bond acceptors (Lipinski definition) is 12. The summed E-state index contributed by atoms with van der Waals surface area (Å²) in [7, 11) is 3.00. The average Bonchev–Trinajstić information content (AvgIpc) is 3.53. The van der Waals surface area contributed by atoms with Gasteiger partial charge in [-0.2, -0.15) is 0 Å². The van der Waals surface area contributed by atoms with E-state index in [4.69, 9.17) is 14.3 Å². The van der Waals surface area contributed by atoms with Crippen molar-refractivity contribution in [2.45, 2.75) is 37.4 Å². The third-order valence-corrected chi connectivity index (χ3v) is 5.88. The smallest absolute Gasteiger partial charge is 0.332 e. The second-order valence-electron chi connectivity index (χ2n) is 8.30. The van der Waals surface area contributed by atoms with Gasteiger partial charge in [-0.25, -0.2) is 9.78 Å². The predicted octanol–water partition coefficient (Wildman–Crippen LogP) is -2.48. The lowest BCUT2D eigenvalue weighted by molar-refractivity contribution is -0.769. The largest absolute Gasteiger partial charge is 0.393 e. The Morgan fingerprint density at radius 3 is 2.94 bits per heavy atom. The van der Waals surface area contributed by atoms with Crippen molar-refractivity contribution < 1.29 is 29.3 Å². The van der Waals surface area contributed by atoms with Crippen LogP contribution in [0.4, 0.5) is 0 Å². The SMILES string of the molecule is Cn1c(=O)c2c(ncn2CCCNCC(O)CON=C2COC3C(O[N+](=O)[O-])COC23)n(C)c1=O. The molecule has 4 unspecified atom stereocenters. The molecular formula is C19H27N7O9. The molecule has 0 aliphatic carbocycles. The molecule has 4 atom stereocenters. The Balaban J connectivity index is 1.17. The van der Waals surface area contributed by atoms with Gasteiger partial charge < -0.3 is 34.1 Å². The van der Waals surface area contributed by atoms with E-state index in [1.165, 1.54) is 17.9 Å². The fourth-order valence-electron chi connectivity index (χ4n) is 4.08. The summed E-state index contributed by atoms with van der Waals surface area (Å²) in [5, 5.41) is 26.8. The van der Waals surface area contributed by atoms with Crippen molar-refractivity contribution >= 4 is 16.9 Å². The summed E-state index contributed by atoms with van der Waals surface area (Å²) in [6.45, 7) is 1.36. The maximum absolute atomic E-state index is 12.4. The van der Waals surface area contributed by atoms with E-state index in [1.54, 1.807) is 11.6 Å². The number of rotatable bonds is 11. The summed E-state index contributed by atoms with van der Waals surface area (Å²) in [6, 6.07) is 0. The van der Waals surface area contributed by atoms with Gasteiger partial charge in [0, 0.05) is 27.2 Å². The first kappa shape index (κ1) is 24.8. The highest BCUT2D eigenvalue weighted by molar-refractivity contribution is 5.92. The summed E-state index contributed by atoms with van der Waals surface area (Å²) in [6.07, 6.45) is -0.653. The predicted molar refractivity (Wildman–Crippen MR) is 118 cm³/mol. The molecule has 192 valence electrons. The van der Waals surface area contributed by atoms with E-state index < -0.39 is 40.8 Å². The summed E-state index contributed by atoms with van der Waals surface area (Å²) in [5.74, 6) is 0. The van der Waals surface area contributed by atoms with Crippen LogP contribution in [-0.4, -0.2) is 91.9 Å². The molecule has 2 aliphatic heterocycles. The summed E-state index contributed by atoms with van der Waals surface area (Å²) < 4.78 is 15.0. The number of aromatic nitrogens is 4. The Kier molecular flexibility index (Phi) is 7.44. The molecule has 0 amide bonds. The van der Waals surface area contributed by atoms with Crippen molar-refractivity contribution in [3.05, 3.63) is 37.3 Å². The van der Waals surface area contributed by atoms with E-state index >= 15 is 0 Å². The Labute approximate surface area is 197 Å². The number of aliphatic hydroxyl groups is 1. The lowest BCUT2D eigenvalue weighted by Gasteiger charge is -2.12. The van der Waals surface area contributed by atoms with Crippen LogP contribution in [0.25, 0.3) is 11.2 Å². The Hall–Kier alpha value is -3.34. The van der Waals surface area contributed by atoms with Crippen LogP contribution >= 0.6 is 0 Å². The first-order chi connectivity index (χ1) is 16.8. The van der Waals surface area contributed by atoms with Gasteiger partial charge >= 0.3 is 5.69 Å². The fraction of sp³-hybridized carbons (Fsp3) is 0.684. The molecule has 2 aromatic rings. The molecule has 2 fully saturated rings. The fourth-order valence-corrected chi connectivity index (χ4v) is 4.08. The molecule has 4 heterocycles. The zero-order valence-corrected chi connectivity index (χ0v) is 19.2. The molecule has 0 bridgehead atoms. The number of hydrogen-bond donors (Lipinski definition) is 2. The molecule has 0 aromatic carbocycles. The monoisotopic (exact) mass is 497 g/mol. The van der Waals surface area contributed by atoms with Gasteiger partial charge in [0.2, 0.25) is 0 Å². The lowest BCUT2D eigenvalue weighted by Crippen LogP contribution is -2.37. The topological polar surface area (TPSA) is 186 Å². The Bertz CT molecular complexity index is 1220. The second kappa shape index (κ2) is 10.5. The number of fused-ring (bicyclic) bond motifs is 2. The Morgan fingerprint density at radius 1 is 1.37 bits per heavy atom. The van der Waals surface area contributed by atoms with E-state index in [2.05, 4.69) is 20.3 Å². The highest BCUT2D eigenvalue weighted by Crippen LogP contribution is 2.27. The number of nitrogens with zero attached hydrogens (tertiary/aromatic N) is 6. The van der Waals surface area contributed by atoms with Gasteiger partial charge in [-0.15, -0.1) is 10.1 Å². The molecule has 0 spiro atoms. The van der Waals surface area contributed by atoms with Gasteiger partial charge in [-0.05, 0) is 13.0 Å². The highest BCUT2D eigenvalue weighted by Gasteiger charge is 2.48. The van der Waals surface area contributed by atoms with E-state index in [9.17, 15) is 24.8 Å². The lowest BCUT2D eigenvalue weighted by atomic mass is 10.1. The molecule has 0 saturated carbocycles. The third-order valence-electron chi connectivity index (χ3n) is 5.88. The van der Waals surface area contributed by atoms with Crippen LogP contribution in [0, 0.1) is 10.1 Å². The molecule has 2 saturated heterocycles. The number of nitrogens with one attached hydrogen (secondary N) is 1. The molecular weight excluding hydrogens is 470 g/mol. The maximum Gasteiger partial charge on any atom is 0.332 e. The van der Waals surface area contributed by atoms with Gasteiger partial charge in [0.1, 0.15) is 30.6 Å². The van der Waals surface area contributed by atoms with Crippen molar-refractivity contribution in [1.29, 1.82) is 0 Å². The summed E-state index contributed by atoms with van der Waals surface area (Å²) in [4.78, 5) is 48.9. The minimum absolute atomic E-state index is 0.0173. The standard InChI is InChI=1S/C19H27N7O9/c1-23-17-14(18(28)24(2)19(23)29)25(10-21-17)5-3-4-20-6-11(27)7-34-22-12-8-32-16-13(35-26(30)31)9-33-15(12)16/h10-11,13,15-16,20,27H,3-9H2,1-2H3. The summed E-state index contributed by atoms with van der Waals surface area (Å²) >= 11 is 0. The van der Waals surface area contributed by atoms with Gasteiger partial charge in [0.25, 0.3) is 10.6 Å². The molecule has 16 nitrogen and oxygen atoms in total. The van der Waals surface area contributed by atoms with E-state index in [0.29, 0.717) is 36.4 Å². The van der Waals surface area contributed by atoms with Gasteiger partial charge in [0.05, 0.1) is 19.5 Å². The van der Waals surface area contributed by atoms with E-state index in [-0.39, 0.29) is 26.4 Å².